The number of hydrogen-bond donors (Lipinski definition) is 3. The Morgan fingerprint density at radius 1 is 1.07 bits per heavy atom. The molecule has 9 nitrogen and oxygen atoms in total. The summed E-state index contributed by atoms with van der Waals surface area (Å²) in [5.41, 5.74) is 4.57. The van der Waals surface area contributed by atoms with Gasteiger partial charge < -0.3 is 25.6 Å². The summed E-state index contributed by atoms with van der Waals surface area (Å²) in [4.78, 5) is 43.1. The van der Waals surface area contributed by atoms with Crippen LogP contribution in [0.3, 0.4) is 0 Å². The van der Waals surface area contributed by atoms with Crippen LogP contribution in [0.4, 0.5) is 11.4 Å². The minimum atomic E-state index is -0.454. The zero-order valence-corrected chi connectivity index (χ0v) is 26.6. The lowest BCUT2D eigenvalue weighted by molar-refractivity contribution is -0.122. The van der Waals surface area contributed by atoms with Crippen LogP contribution >= 0.6 is 23.2 Å². The third kappa shape index (κ3) is 8.20. The number of para-hydroxylation sites is 1. The van der Waals surface area contributed by atoms with Gasteiger partial charge in [-0.05, 0) is 55.0 Å². The summed E-state index contributed by atoms with van der Waals surface area (Å²) in [7, 11) is 3.12. The number of halogens is 2. The van der Waals surface area contributed by atoms with Crippen LogP contribution < -0.4 is 25.6 Å². The van der Waals surface area contributed by atoms with Crippen molar-refractivity contribution in [1.82, 2.24) is 15.6 Å². The fourth-order valence-electron chi connectivity index (χ4n) is 4.46. The van der Waals surface area contributed by atoms with E-state index in [1.807, 2.05) is 31.2 Å². The van der Waals surface area contributed by atoms with Crippen LogP contribution in [-0.4, -0.2) is 49.9 Å². The van der Waals surface area contributed by atoms with Crippen molar-refractivity contribution in [3.63, 3.8) is 0 Å². The number of fused-ring (bicyclic) bond motifs is 1. The maximum absolute atomic E-state index is 13.0. The standard InChI is InChI=1S/C34H33Cl2N5O4/c1-5-17-38-27-18-21(2)40-33-24(27)7-6-8-29(33)45-20-25-26(35)14-15-28(32(25)36)41(4)31(43)19-39-30(42)16-11-22-9-12-23(13-10-22)34(44)37-3/h5-16,18H,1,17,19-20H2,2-4H3,(H,37,44)(H,38,40)(H,39,42). The number of benzene rings is 3. The molecule has 0 aliphatic heterocycles. The van der Waals surface area contributed by atoms with Gasteiger partial charge in [0.25, 0.3) is 5.91 Å². The molecule has 4 aromatic rings. The van der Waals surface area contributed by atoms with E-state index in [-0.39, 0.29) is 24.1 Å². The van der Waals surface area contributed by atoms with Gasteiger partial charge in [0.1, 0.15) is 17.9 Å². The van der Waals surface area contributed by atoms with E-state index < -0.39 is 11.8 Å². The summed E-state index contributed by atoms with van der Waals surface area (Å²) in [6, 6.07) is 17.7. The first-order valence-corrected chi connectivity index (χ1v) is 14.8. The largest absolute Gasteiger partial charge is 0.487 e. The monoisotopic (exact) mass is 645 g/mol. The molecule has 4 rings (SSSR count). The van der Waals surface area contributed by atoms with Crippen molar-refractivity contribution in [2.45, 2.75) is 13.5 Å². The maximum Gasteiger partial charge on any atom is 0.251 e. The zero-order chi connectivity index (χ0) is 32.5. The summed E-state index contributed by atoms with van der Waals surface area (Å²) >= 11 is 13.3. The molecule has 11 heteroatoms. The van der Waals surface area contributed by atoms with Gasteiger partial charge in [0.15, 0.2) is 0 Å². The van der Waals surface area contributed by atoms with Gasteiger partial charge in [0, 0.05) is 59.6 Å². The van der Waals surface area contributed by atoms with Gasteiger partial charge in [0.05, 0.1) is 17.3 Å². The molecule has 0 spiro atoms. The SMILES string of the molecule is C=CCNc1cc(C)nc2c(OCc3c(Cl)ccc(N(C)C(=O)CNC(=O)C=Cc4ccc(C(=O)NC)cc4)c3Cl)cccc12. The van der Waals surface area contributed by atoms with Gasteiger partial charge in [-0.1, -0.05) is 53.5 Å². The Bertz CT molecular complexity index is 1770. The number of amides is 3. The fraction of sp³-hybridized carbons (Fsp3) is 0.176. The highest BCUT2D eigenvalue weighted by molar-refractivity contribution is 6.38. The highest BCUT2D eigenvalue weighted by Crippen LogP contribution is 2.36. The predicted octanol–water partition coefficient (Wildman–Crippen LogP) is 6.18. The highest BCUT2D eigenvalue weighted by Gasteiger charge is 2.19. The molecule has 3 N–H and O–H groups in total. The summed E-state index contributed by atoms with van der Waals surface area (Å²) < 4.78 is 6.18. The molecule has 0 unspecified atom stereocenters. The lowest BCUT2D eigenvalue weighted by atomic mass is 10.1. The van der Waals surface area contributed by atoms with Gasteiger partial charge >= 0.3 is 0 Å². The number of nitrogens with zero attached hydrogens (tertiary/aromatic N) is 2. The van der Waals surface area contributed by atoms with Crippen molar-refractivity contribution >= 4 is 69.3 Å². The molecule has 1 heterocycles. The summed E-state index contributed by atoms with van der Waals surface area (Å²) in [6.07, 6.45) is 4.68. The number of carbonyl (C=O) groups excluding carboxylic acids is 3. The normalized spacial score (nSPS) is 10.9. The minimum absolute atomic E-state index is 0.0311. The Hall–Kier alpha value is -4.86. The van der Waals surface area contributed by atoms with Crippen molar-refractivity contribution < 1.29 is 19.1 Å². The van der Waals surface area contributed by atoms with Gasteiger partial charge in [-0.25, -0.2) is 4.98 Å². The van der Waals surface area contributed by atoms with E-state index in [0.717, 1.165) is 22.3 Å². The number of carbonyl (C=O) groups is 3. The molecular weight excluding hydrogens is 613 g/mol. The second-order valence-electron chi connectivity index (χ2n) is 9.99. The molecule has 3 aromatic carbocycles. The van der Waals surface area contributed by atoms with Crippen LogP contribution in [-0.2, 0) is 16.2 Å². The number of nitrogens with one attached hydrogen (secondary N) is 3. The Morgan fingerprint density at radius 2 is 1.82 bits per heavy atom. The van der Waals surface area contributed by atoms with Gasteiger partial charge in [-0.15, -0.1) is 6.58 Å². The number of ether oxygens (including phenoxy) is 1. The zero-order valence-electron chi connectivity index (χ0n) is 25.1. The topological polar surface area (TPSA) is 113 Å². The number of hydrogen-bond acceptors (Lipinski definition) is 6. The Kier molecular flexibility index (Phi) is 11.2. The smallest absolute Gasteiger partial charge is 0.251 e. The van der Waals surface area contributed by atoms with E-state index in [2.05, 4.69) is 27.5 Å². The number of likely N-dealkylation sites (N-methyl/N-ethyl adjacent to an activating group) is 1. The van der Waals surface area contributed by atoms with Crippen molar-refractivity contribution in [2.75, 3.05) is 37.4 Å². The fourth-order valence-corrected chi connectivity index (χ4v) is 5.06. The molecule has 0 atom stereocenters. The second-order valence-corrected chi connectivity index (χ2v) is 10.8. The third-order valence-corrected chi connectivity index (χ3v) is 7.66. The van der Waals surface area contributed by atoms with Crippen molar-refractivity contribution in [3.05, 3.63) is 112 Å². The first kappa shape index (κ1) is 33.0. The average Bonchev–Trinajstić information content (AvgIpc) is 3.04. The Labute approximate surface area is 271 Å². The Morgan fingerprint density at radius 3 is 2.53 bits per heavy atom. The van der Waals surface area contributed by atoms with E-state index in [9.17, 15) is 14.4 Å². The van der Waals surface area contributed by atoms with Gasteiger partial charge in [-0.2, -0.15) is 0 Å². The second kappa shape index (κ2) is 15.2. The molecule has 0 aliphatic carbocycles. The number of pyridine rings is 1. The Balaban J connectivity index is 1.42. The van der Waals surface area contributed by atoms with Crippen LogP contribution in [0.5, 0.6) is 5.75 Å². The van der Waals surface area contributed by atoms with Crippen molar-refractivity contribution in [2.24, 2.45) is 0 Å². The van der Waals surface area contributed by atoms with E-state index in [1.165, 1.54) is 11.0 Å². The van der Waals surface area contributed by atoms with E-state index in [1.54, 1.807) is 62.6 Å². The molecule has 0 fully saturated rings. The number of rotatable bonds is 12. The predicted molar refractivity (Wildman–Crippen MR) is 181 cm³/mol. The lowest BCUT2D eigenvalue weighted by Gasteiger charge is -2.21. The van der Waals surface area contributed by atoms with Crippen LogP contribution in [0, 0.1) is 6.92 Å². The van der Waals surface area contributed by atoms with E-state index in [4.69, 9.17) is 27.9 Å². The maximum atomic E-state index is 13.0. The van der Waals surface area contributed by atoms with Crippen LogP contribution in [0.1, 0.15) is 27.2 Å². The molecule has 0 radical (unpaired) electrons. The van der Waals surface area contributed by atoms with Crippen molar-refractivity contribution in [1.29, 1.82) is 0 Å². The summed E-state index contributed by atoms with van der Waals surface area (Å²) in [5, 5.41) is 9.99. The minimum Gasteiger partial charge on any atom is -0.487 e. The first-order chi connectivity index (χ1) is 21.6. The number of aromatic nitrogens is 1. The summed E-state index contributed by atoms with van der Waals surface area (Å²) in [6.45, 7) is 6.05. The molecule has 0 saturated carbocycles. The molecular formula is C34H33Cl2N5O4. The van der Waals surface area contributed by atoms with Gasteiger partial charge in [-0.3, -0.25) is 14.4 Å². The van der Waals surface area contributed by atoms with E-state index in [0.29, 0.717) is 39.6 Å². The third-order valence-electron chi connectivity index (χ3n) is 6.88. The van der Waals surface area contributed by atoms with E-state index >= 15 is 0 Å². The van der Waals surface area contributed by atoms with Crippen LogP contribution in [0.2, 0.25) is 10.0 Å². The lowest BCUT2D eigenvalue weighted by Crippen LogP contribution is -2.37. The molecule has 45 heavy (non-hydrogen) atoms. The molecule has 0 bridgehead atoms. The quantitative estimate of drug-likeness (QED) is 0.125. The molecule has 232 valence electrons. The average molecular weight is 647 g/mol. The molecule has 0 aliphatic rings. The molecule has 0 saturated heterocycles. The highest BCUT2D eigenvalue weighted by atomic mass is 35.5. The van der Waals surface area contributed by atoms with Crippen LogP contribution in [0.25, 0.3) is 17.0 Å². The molecule has 1 aromatic heterocycles. The van der Waals surface area contributed by atoms with Gasteiger partial charge in [0.2, 0.25) is 11.8 Å². The number of aryl methyl sites for hydroxylation is 1. The number of anilines is 2. The summed E-state index contributed by atoms with van der Waals surface area (Å²) in [5.74, 6) is -0.492. The first-order valence-electron chi connectivity index (χ1n) is 14.0. The van der Waals surface area contributed by atoms with Crippen LogP contribution in [0.15, 0.2) is 79.4 Å². The molecule has 3 amide bonds. The van der Waals surface area contributed by atoms with Crippen molar-refractivity contribution in [3.8, 4) is 5.75 Å².